The Morgan fingerprint density at radius 1 is 1.43 bits per heavy atom. The molecule has 1 unspecified atom stereocenters. The van der Waals surface area contributed by atoms with Crippen LogP contribution >= 0.6 is 0 Å². The molecule has 120 valence electrons. The second-order valence-corrected chi connectivity index (χ2v) is 6.54. The lowest BCUT2D eigenvalue weighted by molar-refractivity contribution is -0.137. The molecule has 0 fully saturated rings. The smallest absolute Gasteiger partial charge is 0.225 e. The molecule has 1 aromatic heterocycles. The van der Waals surface area contributed by atoms with Crippen LogP contribution in [0.1, 0.15) is 44.6 Å². The van der Waals surface area contributed by atoms with Gasteiger partial charge in [-0.3, -0.25) is 9.48 Å². The normalized spacial score (nSPS) is 13.3. The van der Waals surface area contributed by atoms with E-state index in [1.54, 1.807) is 18.7 Å². The van der Waals surface area contributed by atoms with Crippen LogP contribution in [0.4, 0.5) is 0 Å². The maximum Gasteiger partial charge on any atom is 0.225 e. The zero-order valence-electron chi connectivity index (χ0n) is 14.4. The van der Waals surface area contributed by atoms with Gasteiger partial charge in [0.15, 0.2) is 0 Å². The Bertz CT molecular complexity index is 500. The number of nitrogens with zero attached hydrogens (tertiary/aromatic N) is 3. The highest BCUT2D eigenvalue weighted by Crippen LogP contribution is 2.19. The molecule has 0 aliphatic rings. The van der Waals surface area contributed by atoms with E-state index in [1.165, 1.54) is 0 Å². The fraction of sp³-hybridized carbons (Fsp3) is 0.750. The number of hydrogen-bond acceptors (Lipinski definition) is 3. The SMILES string of the molecule is CCN(CC(C)(C)O)C(=O)C(C)Cc1c(C)nn(C)c1C. The first-order valence-electron chi connectivity index (χ1n) is 7.57. The first kappa shape index (κ1) is 17.7. The molecule has 1 amide bonds. The van der Waals surface area contributed by atoms with Crippen LogP contribution in [0.5, 0.6) is 0 Å². The van der Waals surface area contributed by atoms with E-state index < -0.39 is 5.60 Å². The summed E-state index contributed by atoms with van der Waals surface area (Å²) in [6, 6.07) is 0. The molecule has 0 radical (unpaired) electrons. The second-order valence-electron chi connectivity index (χ2n) is 6.54. The van der Waals surface area contributed by atoms with Gasteiger partial charge in [-0.05, 0) is 46.6 Å². The summed E-state index contributed by atoms with van der Waals surface area (Å²) in [6.07, 6.45) is 0.687. The van der Waals surface area contributed by atoms with Crippen molar-refractivity contribution in [3.8, 4) is 0 Å². The molecule has 0 bridgehead atoms. The predicted octanol–water partition coefficient (Wildman–Crippen LogP) is 1.83. The Kier molecular flexibility index (Phi) is 5.56. The summed E-state index contributed by atoms with van der Waals surface area (Å²) in [5.41, 5.74) is 2.38. The van der Waals surface area contributed by atoms with Gasteiger partial charge in [0.05, 0.1) is 11.3 Å². The summed E-state index contributed by atoms with van der Waals surface area (Å²) in [5, 5.41) is 14.3. The Hall–Kier alpha value is -1.36. The van der Waals surface area contributed by atoms with Crippen LogP contribution in [0, 0.1) is 19.8 Å². The molecule has 0 saturated heterocycles. The largest absolute Gasteiger partial charge is 0.389 e. The number of carbonyl (C=O) groups is 1. The number of aryl methyl sites for hydroxylation is 2. The molecular formula is C16H29N3O2. The molecule has 0 aliphatic heterocycles. The molecule has 5 heteroatoms. The van der Waals surface area contributed by atoms with Gasteiger partial charge in [-0.2, -0.15) is 5.10 Å². The number of carbonyl (C=O) groups excluding carboxylic acids is 1. The average Bonchev–Trinajstić information content (AvgIpc) is 2.60. The van der Waals surface area contributed by atoms with Crippen LogP contribution in [0.25, 0.3) is 0 Å². The number of aromatic nitrogens is 2. The van der Waals surface area contributed by atoms with Crippen molar-refractivity contribution >= 4 is 5.91 Å². The van der Waals surface area contributed by atoms with Gasteiger partial charge >= 0.3 is 0 Å². The van der Waals surface area contributed by atoms with Gasteiger partial charge in [-0.15, -0.1) is 0 Å². The van der Waals surface area contributed by atoms with Crippen molar-refractivity contribution in [1.82, 2.24) is 14.7 Å². The lowest BCUT2D eigenvalue weighted by Gasteiger charge is -2.30. The Morgan fingerprint density at radius 2 is 2.00 bits per heavy atom. The van der Waals surface area contributed by atoms with Gasteiger partial charge in [0.25, 0.3) is 0 Å². The quantitative estimate of drug-likeness (QED) is 0.871. The fourth-order valence-corrected chi connectivity index (χ4v) is 2.63. The number of hydrogen-bond donors (Lipinski definition) is 1. The van der Waals surface area contributed by atoms with E-state index >= 15 is 0 Å². The molecular weight excluding hydrogens is 266 g/mol. The molecule has 21 heavy (non-hydrogen) atoms. The highest BCUT2D eigenvalue weighted by molar-refractivity contribution is 5.79. The second kappa shape index (κ2) is 6.60. The molecule has 0 spiro atoms. The van der Waals surface area contributed by atoms with Gasteiger partial charge < -0.3 is 10.0 Å². The Morgan fingerprint density at radius 3 is 2.38 bits per heavy atom. The fourth-order valence-electron chi connectivity index (χ4n) is 2.63. The number of aliphatic hydroxyl groups is 1. The number of likely N-dealkylation sites (N-methyl/N-ethyl adjacent to an activating group) is 1. The summed E-state index contributed by atoms with van der Waals surface area (Å²) in [7, 11) is 1.92. The molecule has 0 saturated carbocycles. The van der Waals surface area contributed by atoms with Crippen molar-refractivity contribution in [3.63, 3.8) is 0 Å². The first-order valence-corrected chi connectivity index (χ1v) is 7.57. The number of amides is 1. The summed E-state index contributed by atoms with van der Waals surface area (Å²) in [4.78, 5) is 14.3. The maximum absolute atomic E-state index is 12.6. The molecule has 1 atom stereocenters. The molecule has 1 rings (SSSR count). The Labute approximate surface area is 127 Å². The van der Waals surface area contributed by atoms with E-state index in [4.69, 9.17) is 0 Å². The highest BCUT2D eigenvalue weighted by atomic mass is 16.3. The van der Waals surface area contributed by atoms with Crippen LogP contribution in [-0.2, 0) is 18.3 Å². The van der Waals surface area contributed by atoms with E-state index in [-0.39, 0.29) is 11.8 Å². The minimum Gasteiger partial charge on any atom is -0.389 e. The minimum absolute atomic E-state index is 0.0854. The molecule has 1 aromatic rings. The molecule has 1 heterocycles. The predicted molar refractivity (Wildman–Crippen MR) is 84.1 cm³/mol. The summed E-state index contributed by atoms with van der Waals surface area (Å²) in [6.45, 7) is 12.3. The molecule has 1 N–H and O–H groups in total. The molecule has 5 nitrogen and oxygen atoms in total. The topological polar surface area (TPSA) is 58.4 Å². The maximum atomic E-state index is 12.6. The Balaban J connectivity index is 2.82. The van der Waals surface area contributed by atoms with Crippen molar-refractivity contribution in [3.05, 3.63) is 17.0 Å². The van der Waals surface area contributed by atoms with Crippen molar-refractivity contribution in [2.75, 3.05) is 13.1 Å². The lowest BCUT2D eigenvalue weighted by Crippen LogP contribution is -2.44. The minimum atomic E-state index is -0.870. The summed E-state index contributed by atoms with van der Waals surface area (Å²) in [5.74, 6) is -0.0313. The van der Waals surface area contributed by atoms with E-state index in [1.807, 2.05) is 39.4 Å². The van der Waals surface area contributed by atoms with Crippen molar-refractivity contribution < 1.29 is 9.90 Å². The van der Waals surface area contributed by atoms with Crippen LogP contribution in [0.3, 0.4) is 0 Å². The van der Waals surface area contributed by atoms with Crippen LogP contribution in [0.15, 0.2) is 0 Å². The van der Waals surface area contributed by atoms with Gasteiger partial charge in [-0.25, -0.2) is 0 Å². The first-order chi connectivity index (χ1) is 9.56. The van der Waals surface area contributed by atoms with E-state index in [0.717, 1.165) is 17.0 Å². The standard InChI is InChI=1S/C16H29N3O2/c1-8-19(10-16(5,6)21)15(20)11(2)9-14-12(3)17-18(7)13(14)4/h11,21H,8-10H2,1-7H3. The monoisotopic (exact) mass is 295 g/mol. The third-order valence-corrected chi connectivity index (χ3v) is 3.86. The van der Waals surface area contributed by atoms with Gasteiger partial charge in [0, 0.05) is 31.7 Å². The van der Waals surface area contributed by atoms with Crippen molar-refractivity contribution in [1.29, 1.82) is 0 Å². The lowest BCUT2D eigenvalue weighted by atomic mass is 9.97. The van der Waals surface area contributed by atoms with Gasteiger partial charge in [0.1, 0.15) is 0 Å². The van der Waals surface area contributed by atoms with Crippen LogP contribution < -0.4 is 0 Å². The zero-order valence-corrected chi connectivity index (χ0v) is 14.4. The van der Waals surface area contributed by atoms with Crippen LogP contribution in [0.2, 0.25) is 0 Å². The third kappa shape index (κ3) is 4.56. The summed E-state index contributed by atoms with van der Waals surface area (Å²) >= 11 is 0. The van der Waals surface area contributed by atoms with Crippen LogP contribution in [-0.4, -0.2) is 44.4 Å². The summed E-state index contributed by atoms with van der Waals surface area (Å²) < 4.78 is 1.86. The van der Waals surface area contributed by atoms with E-state index in [2.05, 4.69) is 5.10 Å². The van der Waals surface area contributed by atoms with Gasteiger partial charge in [0.2, 0.25) is 5.91 Å². The highest BCUT2D eigenvalue weighted by Gasteiger charge is 2.26. The zero-order chi connectivity index (χ0) is 16.4. The third-order valence-electron chi connectivity index (χ3n) is 3.86. The van der Waals surface area contributed by atoms with Crippen molar-refractivity contribution in [2.45, 2.75) is 53.6 Å². The van der Waals surface area contributed by atoms with E-state index in [9.17, 15) is 9.90 Å². The number of rotatable bonds is 6. The average molecular weight is 295 g/mol. The van der Waals surface area contributed by atoms with E-state index in [0.29, 0.717) is 19.5 Å². The van der Waals surface area contributed by atoms with Crippen molar-refractivity contribution in [2.24, 2.45) is 13.0 Å². The molecule has 0 aliphatic carbocycles. The molecule has 0 aromatic carbocycles. The van der Waals surface area contributed by atoms with Gasteiger partial charge in [-0.1, -0.05) is 6.92 Å².